The van der Waals surface area contributed by atoms with E-state index >= 15 is 0 Å². The Labute approximate surface area is 108 Å². The molecule has 100 valence electrons. The highest BCUT2D eigenvalue weighted by atomic mass is 32.1. The number of thiophene rings is 1. The van der Waals surface area contributed by atoms with Crippen molar-refractivity contribution < 1.29 is 26.7 Å². The van der Waals surface area contributed by atoms with Crippen LogP contribution < -0.4 is 0 Å². The Morgan fingerprint density at radius 2 is 1.47 bits per heavy atom. The molecule has 1 aromatic carbocycles. The summed E-state index contributed by atoms with van der Waals surface area (Å²) in [6.45, 7) is 0. The first-order valence-electron chi connectivity index (χ1n) is 4.99. The van der Waals surface area contributed by atoms with Crippen LogP contribution in [0.2, 0.25) is 0 Å². The molecule has 0 spiro atoms. The highest BCUT2D eigenvalue weighted by Gasteiger charge is 2.29. The van der Waals surface area contributed by atoms with Crippen LogP contribution in [0.15, 0.2) is 16.8 Å². The van der Waals surface area contributed by atoms with Gasteiger partial charge in [0.2, 0.25) is 5.82 Å². The zero-order valence-corrected chi connectivity index (χ0v) is 9.96. The molecular weight excluding hydrogens is 287 g/mol. The molecule has 0 radical (unpaired) electrons. The van der Waals surface area contributed by atoms with E-state index < -0.39 is 46.9 Å². The molecule has 1 aromatic heterocycles. The molecule has 0 aliphatic heterocycles. The zero-order chi connectivity index (χ0) is 14.2. The fraction of sp³-hybridized carbons (Fsp3) is 0.0833. The fourth-order valence-electron chi connectivity index (χ4n) is 1.52. The Morgan fingerprint density at radius 3 is 1.95 bits per heavy atom. The third-order valence-electron chi connectivity index (χ3n) is 2.43. The van der Waals surface area contributed by atoms with Gasteiger partial charge in [0, 0.05) is 6.42 Å². The first-order chi connectivity index (χ1) is 8.93. The summed E-state index contributed by atoms with van der Waals surface area (Å²) in [6.07, 6.45) is -0.429. The van der Waals surface area contributed by atoms with Crippen molar-refractivity contribution in [2.45, 2.75) is 6.42 Å². The standard InChI is InChI=1S/C12H5F5OS/c13-8-7(6(18)3-5-1-2-19-4-5)9(14)11(16)12(17)10(8)15/h1-2,4H,3H2. The molecule has 0 saturated carbocycles. The molecule has 0 unspecified atom stereocenters. The number of hydrogen-bond donors (Lipinski definition) is 0. The summed E-state index contributed by atoms with van der Waals surface area (Å²) in [4.78, 5) is 11.6. The SMILES string of the molecule is O=C(Cc1ccsc1)c1c(F)c(F)c(F)c(F)c1F. The van der Waals surface area contributed by atoms with Crippen LogP contribution >= 0.6 is 11.3 Å². The summed E-state index contributed by atoms with van der Waals surface area (Å²) < 4.78 is 65.3. The average molecular weight is 292 g/mol. The van der Waals surface area contributed by atoms with Gasteiger partial charge in [-0.1, -0.05) is 0 Å². The normalized spacial score (nSPS) is 10.8. The number of Topliss-reactive ketones (excluding diaryl/α,β-unsaturated/α-hetero) is 1. The van der Waals surface area contributed by atoms with Gasteiger partial charge in [0.25, 0.3) is 0 Å². The third-order valence-corrected chi connectivity index (χ3v) is 3.17. The van der Waals surface area contributed by atoms with E-state index in [0.717, 1.165) is 0 Å². The van der Waals surface area contributed by atoms with Crippen LogP contribution in [0.3, 0.4) is 0 Å². The lowest BCUT2D eigenvalue weighted by Crippen LogP contribution is -2.14. The van der Waals surface area contributed by atoms with Gasteiger partial charge in [-0.25, -0.2) is 22.0 Å². The largest absolute Gasteiger partial charge is 0.294 e. The van der Waals surface area contributed by atoms with Crippen molar-refractivity contribution in [2.24, 2.45) is 0 Å². The van der Waals surface area contributed by atoms with E-state index in [4.69, 9.17) is 0 Å². The molecular formula is C12H5F5OS. The Kier molecular flexibility index (Phi) is 3.66. The second-order valence-corrected chi connectivity index (χ2v) is 4.46. The van der Waals surface area contributed by atoms with Crippen LogP contribution in [-0.2, 0) is 6.42 Å². The third kappa shape index (κ3) is 2.37. The van der Waals surface area contributed by atoms with Crippen LogP contribution in [0, 0.1) is 29.1 Å². The number of carbonyl (C=O) groups excluding carboxylic acids is 1. The minimum atomic E-state index is -2.28. The smallest absolute Gasteiger partial charge is 0.200 e. The van der Waals surface area contributed by atoms with E-state index in [1.807, 2.05) is 0 Å². The maximum atomic E-state index is 13.3. The molecule has 1 nitrogen and oxygen atoms in total. The molecule has 2 rings (SSSR count). The van der Waals surface area contributed by atoms with E-state index in [9.17, 15) is 26.7 Å². The van der Waals surface area contributed by atoms with Crippen molar-refractivity contribution in [2.75, 3.05) is 0 Å². The first-order valence-corrected chi connectivity index (χ1v) is 5.93. The van der Waals surface area contributed by atoms with Gasteiger partial charge in [-0.2, -0.15) is 11.3 Å². The van der Waals surface area contributed by atoms with Crippen LogP contribution in [0.1, 0.15) is 15.9 Å². The van der Waals surface area contributed by atoms with E-state index in [1.165, 1.54) is 17.4 Å². The molecule has 0 fully saturated rings. The van der Waals surface area contributed by atoms with Gasteiger partial charge >= 0.3 is 0 Å². The van der Waals surface area contributed by atoms with Crippen LogP contribution in [-0.4, -0.2) is 5.78 Å². The molecule has 0 saturated heterocycles. The quantitative estimate of drug-likeness (QED) is 0.363. The van der Waals surface area contributed by atoms with E-state index in [2.05, 4.69) is 0 Å². The number of hydrogen-bond acceptors (Lipinski definition) is 2. The maximum Gasteiger partial charge on any atom is 0.200 e. The number of ketones is 1. The Morgan fingerprint density at radius 1 is 0.947 bits per heavy atom. The lowest BCUT2D eigenvalue weighted by Gasteiger charge is -2.06. The molecule has 19 heavy (non-hydrogen) atoms. The van der Waals surface area contributed by atoms with Gasteiger partial charge in [0.15, 0.2) is 29.1 Å². The zero-order valence-electron chi connectivity index (χ0n) is 9.15. The molecule has 1 heterocycles. The molecule has 7 heteroatoms. The number of rotatable bonds is 3. The maximum absolute atomic E-state index is 13.3. The second kappa shape index (κ2) is 5.08. The average Bonchev–Trinajstić information content (AvgIpc) is 2.87. The van der Waals surface area contributed by atoms with Crippen molar-refractivity contribution in [1.29, 1.82) is 0 Å². The van der Waals surface area contributed by atoms with Crippen molar-refractivity contribution in [3.8, 4) is 0 Å². The summed E-state index contributed by atoms with van der Waals surface area (Å²) in [7, 11) is 0. The van der Waals surface area contributed by atoms with E-state index in [-0.39, 0.29) is 0 Å². The predicted octanol–water partition coefficient (Wildman–Crippen LogP) is 3.87. The Balaban J connectivity index is 2.48. The monoisotopic (exact) mass is 292 g/mol. The highest BCUT2D eigenvalue weighted by molar-refractivity contribution is 7.08. The first kappa shape index (κ1) is 13.7. The molecule has 2 aromatic rings. The minimum Gasteiger partial charge on any atom is -0.294 e. The highest BCUT2D eigenvalue weighted by Crippen LogP contribution is 2.24. The van der Waals surface area contributed by atoms with Crippen molar-refractivity contribution >= 4 is 17.1 Å². The Bertz CT molecular complexity index is 607. The molecule has 0 aliphatic carbocycles. The van der Waals surface area contributed by atoms with Gasteiger partial charge in [0.05, 0.1) is 5.56 Å². The topological polar surface area (TPSA) is 17.1 Å². The number of halogens is 5. The molecule has 0 amide bonds. The summed E-state index contributed by atoms with van der Waals surface area (Å²) >= 11 is 1.25. The van der Waals surface area contributed by atoms with Gasteiger partial charge in [-0.05, 0) is 22.4 Å². The lowest BCUT2D eigenvalue weighted by molar-refractivity contribution is 0.0982. The van der Waals surface area contributed by atoms with Gasteiger partial charge in [-0.15, -0.1) is 0 Å². The second-order valence-electron chi connectivity index (χ2n) is 3.68. The molecule has 0 N–H and O–H groups in total. The predicted molar refractivity (Wildman–Crippen MR) is 58.6 cm³/mol. The molecule has 0 atom stereocenters. The van der Waals surface area contributed by atoms with Crippen LogP contribution in [0.25, 0.3) is 0 Å². The van der Waals surface area contributed by atoms with Crippen LogP contribution in [0.4, 0.5) is 22.0 Å². The summed E-state index contributed by atoms with van der Waals surface area (Å²) in [5, 5.41) is 3.17. The van der Waals surface area contributed by atoms with E-state index in [1.54, 1.807) is 10.8 Å². The van der Waals surface area contributed by atoms with Gasteiger partial charge in [-0.3, -0.25) is 4.79 Å². The van der Waals surface area contributed by atoms with Crippen molar-refractivity contribution in [3.05, 3.63) is 57.0 Å². The van der Waals surface area contributed by atoms with E-state index in [0.29, 0.717) is 5.56 Å². The number of benzene rings is 1. The lowest BCUT2D eigenvalue weighted by atomic mass is 10.0. The van der Waals surface area contributed by atoms with Gasteiger partial charge < -0.3 is 0 Å². The Hall–Kier alpha value is -1.76. The summed E-state index contributed by atoms with van der Waals surface area (Å²) in [5.41, 5.74) is -0.957. The van der Waals surface area contributed by atoms with Crippen molar-refractivity contribution in [1.82, 2.24) is 0 Å². The summed E-state index contributed by atoms with van der Waals surface area (Å²) in [5.74, 6) is -11.9. The minimum absolute atomic E-state index is 0.429. The number of carbonyl (C=O) groups is 1. The summed E-state index contributed by atoms with van der Waals surface area (Å²) in [6, 6.07) is 1.52. The molecule has 0 bridgehead atoms. The molecule has 0 aliphatic rings. The van der Waals surface area contributed by atoms with Crippen LogP contribution in [0.5, 0.6) is 0 Å². The van der Waals surface area contributed by atoms with Gasteiger partial charge in [0.1, 0.15) is 0 Å². The van der Waals surface area contributed by atoms with Crippen molar-refractivity contribution in [3.63, 3.8) is 0 Å². The fourth-order valence-corrected chi connectivity index (χ4v) is 2.19.